The molecule has 2 aromatic rings. The molecule has 0 unspecified atom stereocenters. The molecule has 0 heterocycles. The Labute approximate surface area is 139 Å². The first-order valence-electron chi connectivity index (χ1n) is 6.90. The number of hydrogen-bond acceptors (Lipinski definition) is 3. The molecule has 120 valence electrons. The predicted octanol–water partition coefficient (Wildman–Crippen LogP) is 1.39. The van der Waals surface area contributed by atoms with E-state index < -0.39 is 19.0 Å². The molecule has 0 aliphatic carbocycles. The monoisotopic (exact) mass is 350 g/mol. The number of nitrogens with one attached hydrogen (secondary N) is 2. The first-order chi connectivity index (χ1) is 11.1. The lowest BCUT2D eigenvalue weighted by atomic mass is 10.4. The van der Waals surface area contributed by atoms with Crippen molar-refractivity contribution in [3.05, 3.63) is 60.7 Å². The molecule has 2 N–H and O–H groups in total. The van der Waals surface area contributed by atoms with E-state index >= 15 is 0 Å². The van der Waals surface area contributed by atoms with Gasteiger partial charge in [-0.1, -0.05) is 60.7 Å². The standard InChI is InChI=1S/C16H16ClN2O3P/c17-11-15(20)18-19-16(21)12-23(22,13-7-3-1-4-8-13)14-9-5-2-6-10-14/h1-10H,11-12H2,(H,18,20)(H,19,21). The largest absolute Gasteiger partial charge is 0.313 e. The van der Waals surface area contributed by atoms with Crippen molar-refractivity contribution in [1.82, 2.24) is 10.9 Å². The van der Waals surface area contributed by atoms with Crippen LogP contribution in [-0.4, -0.2) is 23.9 Å². The molecule has 23 heavy (non-hydrogen) atoms. The third-order valence-corrected chi connectivity index (χ3v) is 6.42. The second kappa shape index (κ2) is 7.95. The molecule has 0 saturated carbocycles. The van der Waals surface area contributed by atoms with Gasteiger partial charge in [-0.25, -0.2) is 0 Å². The summed E-state index contributed by atoms with van der Waals surface area (Å²) in [4.78, 5) is 23.2. The maximum Gasteiger partial charge on any atom is 0.253 e. The molecule has 0 bridgehead atoms. The van der Waals surface area contributed by atoms with Gasteiger partial charge >= 0.3 is 0 Å². The summed E-state index contributed by atoms with van der Waals surface area (Å²) in [6.45, 7) is 0. The molecule has 0 atom stereocenters. The normalized spacial score (nSPS) is 10.8. The van der Waals surface area contributed by atoms with Crippen LogP contribution in [0.5, 0.6) is 0 Å². The van der Waals surface area contributed by atoms with E-state index in [4.69, 9.17) is 11.6 Å². The Bertz CT molecular complexity index is 679. The van der Waals surface area contributed by atoms with Gasteiger partial charge in [-0.05, 0) is 0 Å². The number of halogens is 1. The van der Waals surface area contributed by atoms with Crippen LogP contribution in [0.25, 0.3) is 0 Å². The number of hydrogen-bond donors (Lipinski definition) is 2. The smallest absolute Gasteiger partial charge is 0.253 e. The van der Waals surface area contributed by atoms with Gasteiger partial charge in [0.2, 0.25) is 5.91 Å². The molecule has 2 amide bonds. The minimum atomic E-state index is -3.14. The summed E-state index contributed by atoms with van der Waals surface area (Å²) in [7, 11) is -3.14. The van der Waals surface area contributed by atoms with Crippen molar-refractivity contribution in [2.45, 2.75) is 0 Å². The molecule has 0 spiro atoms. The first-order valence-corrected chi connectivity index (χ1v) is 9.33. The van der Waals surface area contributed by atoms with Crippen molar-refractivity contribution in [3.8, 4) is 0 Å². The number of amides is 2. The molecule has 0 aromatic heterocycles. The Morgan fingerprint density at radius 2 is 1.26 bits per heavy atom. The maximum absolute atomic E-state index is 13.5. The highest BCUT2D eigenvalue weighted by atomic mass is 35.5. The van der Waals surface area contributed by atoms with Crippen molar-refractivity contribution >= 4 is 41.2 Å². The van der Waals surface area contributed by atoms with Gasteiger partial charge in [0.25, 0.3) is 5.91 Å². The fourth-order valence-corrected chi connectivity index (χ4v) is 4.60. The summed E-state index contributed by atoms with van der Waals surface area (Å²) in [6, 6.07) is 17.7. The van der Waals surface area contributed by atoms with E-state index in [0.29, 0.717) is 10.6 Å². The second-order valence-electron chi connectivity index (χ2n) is 4.80. The number of benzene rings is 2. The van der Waals surface area contributed by atoms with Gasteiger partial charge in [-0.2, -0.15) is 0 Å². The Kier molecular flexibility index (Phi) is 5.97. The summed E-state index contributed by atoms with van der Waals surface area (Å²) in [5.41, 5.74) is 4.40. The third-order valence-electron chi connectivity index (χ3n) is 3.18. The third kappa shape index (κ3) is 4.44. The van der Waals surface area contributed by atoms with E-state index in [9.17, 15) is 14.2 Å². The molecule has 0 fully saturated rings. The Hall–Kier alpha value is -2.10. The minimum absolute atomic E-state index is 0.246. The number of carbonyl (C=O) groups excluding carboxylic acids is 2. The molecule has 0 radical (unpaired) electrons. The Morgan fingerprint density at radius 3 is 1.70 bits per heavy atom. The lowest BCUT2D eigenvalue weighted by Gasteiger charge is -2.19. The first kappa shape index (κ1) is 17.3. The van der Waals surface area contributed by atoms with Crippen molar-refractivity contribution in [3.63, 3.8) is 0 Å². The van der Waals surface area contributed by atoms with Crippen LogP contribution in [0, 0.1) is 0 Å². The lowest BCUT2D eigenvalue weighted by Crippen LogP contribution is -2.44. The van der Waals surface area contributed by atoms with E-state index in [1.165, 1.54) is 0 Å². The summed E-state index contributed by atoms with van der Waals surface area (Å²) in [5, 5.41) is 1.18. The molecule has 7 heteroatoms. The minimum Gasteiger partial charge on any atom is -0.313 e. The highest BCUT2D eigenvalue weighted by Gasteiger charge is 2.30. The summed E-state index contributed by atoms with van der Waals surface area (Å²) in [6.07, 6.45) is -0.246. The average Bonchev–Trinajstić information content (AvgIpc) is 2.61. The Balaban J connectivity index is 2.27. The number of carbonyl (C=O) groups is 2. The van der Waals surface area contributed by atoms with Gasteiger partial charge in [0.15, 0.2) is 7.14 Å². The van der Waals surface area contributed by atoms with Crippen molar-refractivity contribution in [2.24, 2.45) is 0 Å². The predicted molar refractivity (Wildman–Crippen MR) is 91.6 cm³/mol. The highest BCUT2D eigenvalue weighted by Crippen LogP contribution is 2.42. The Morgan fingerprint density at radius 1 is 0.826 bits per heavy atom. The van der Waals surface area contributed by atoms with E-state index in [-0.39, 0.29) is 12.0 Å². The van der Waals surface area contributed by atoms with Crippen LogP contribution in [0.15, 0.2) is 60.7 Å². The van der Waals surface area contributed by atoms with Crippen LogP contribution in [0.1, 0.15) is 0 Å². The number of rotatable bonds is 5. The van der Waals surface area contributed by atoms with E-state index in [1.54, 1.807) is 48.5 Å². The molecule has 0 aliphatic rings. The van der Waals surface area contributed by atoms with Gasteiger partial charge < -0.3 is 4.57 Å². The van der Waals surface area contributed by atoms with Gasteiger partial charge in [0, 0.05) is 10.6 Å². The fraction of sp³-hybridized carbons (Fsp3) is 0.125. The van der Waals surface area contributed by atoms with Gasteiger partial charge in [0.05, 0.1) is 6.16 Å². The van der Waals surface area contributed by atoms with Crippen LogP contribution in [0.2, 0.25) is 0 Å². The zero-order valence-electron chi connectivity index (χ0n) is 12.2. The average molecular weight is 351 g/mol. The zero-order chi connectivity index (χ0) is 16.7. The highest BCUT2D eigenvalue weighted by molar-refractivity contribution is 7.79. The quantitative estimate of drug-likeness (QED) is 0.486. The van der Waals surface area contributed by atoms with Crippen LogP contribution in [0.3, 0.4) is 0 Å². The summed E-state index contributed by atoms with van der Waals surface area (Å²) in [5.74, 6) is -1.34. The topological polar surface area (TPSA) is 75.3 Å². The molecule has 5 nitrogen and oxygen atoms in total. The molecular formula is C16H16ClN2O3P. The van der Waals surface area contributed by atoms with Crippen LogP contribution in [-0.2, 0) is 14.2 Å². The van der Waals surface area contributed by atoms with E-state index in [1.807, 2.05) is 12.1 Å². The molecule has 2 rings (SSSR count). The van der Waals surface area contributed by atoms with Crippen molar-refractivity contribution in [1.29, 1.82) is 0 Å². The lowest BCUT2D eigenvalue weighted by molar-refractivity contribution is -0.126. The molecular weight excluding hydrogens is 335 g/mol. The van der Waals surface area contributed by atoms with Crippen LogP contribution in [0.4, 0.5) is 0 Å². The maximum atomic E-state index is 13.5. The van der Waals surface area contributed by atoms with Gasteiger partial charge in [0.1, 0.15) is 5.88 Å². The SMILES string of the molecule is O=C(CCl)NNC(=O)CP(=O)(c1ccccc1)c1ccccc1. The zero-order valence-corrected chi connectivity index (χ0v) is 13.9. The molecule has 2 aromatic carbocycles. The van der Waals surface area contributed by atoms with E-state index in [2.05, 4.69) is 10.9 Å². The summed E-state index contributed by atoms with van der Waals surface area (Å²) < 4.78 is 13.5. The molecule has 0 aliphatic heterocycles. The fourth-order valence-electron chi connectivity index (χ4n) is 2.08. The van der Waals surface area contributed by atoms with Crippen molar-refractivity contribution < 1.29 is 14.2 Å². The number of hydrazine groups is 1. The van der Waals surface area contributed by atoms with Gasteiger partial charge in [-0.3, -0.25) is 20.4 Å². The number of alkyl halides is 1. The van der Waals surface area contributed by atoms with Crippen LogP contribution < -0.4 is 21.5 Å². The van der Waals surface area contributed by atoms with Gasteiger partial charge in [-0.15, -0.1) is 11.6 Å². The second-order valence-corrected chi connectivity index (χ2v) is 7.89. The van der Waals surface area contributed by atoms with Crippen LogP contribution >= 0.6 is 18.7 Å². The van der Waals surface area contributed by atoms with E-state index in [0.717, 1.165) is 0 Å². The molecule has 0 saturated heterocycles. The summed E-state index contributed by atoms with van der Waals surface area (Å²) >= 11 is 5.34. The van der Waals surface area contributed by atoms with Crippen molar-refractivity contribution in [2.75, 3.05) is 12.0 Å².